The van der Waals surface area contributed by atoms with Gasteiger partial charge in [0.1, 0.15) is 0 Å². The maximum Gasteiger partial charge on any atom is 0.160 e. The Kier molecular flexibility index (Phi) is 7.49. The van der Waals surface area contributed by atoms with Crippen LogP contribution in [0.3, 0.4) is 0 Å². The third-order valence-corrected chi connectivity index (χ3v) is 11.1. The highest BCUT2D eigenvalue weighted by atomic mass is 14.9. The molecule has 0 saturated carbocycles. The maximum atomic E-state index is 5.06. The van der Waals surface area contributed by atoms with Gasteiger partial charge in [0, 0.05) is 17.3 Å². The molecule has 0 unspecified atom stereocenters. The van der Waals surface area contributed by atoms with Crippen LogP contribution in [0.15, 0.2) is 200 Å². The first kappa shape index (κ1) is 32.0. The fourth-order valence-corrected chi connectivity index (χ4v) is 8.64. The lowest BCUT2D eigenvalue weighted by Gasteiger charge is -2.20. The van der Waals surface area contributed by atoms with Crippen LogP contribution in [0.1, 0.15) is 0 Å². The molecule has 0 radical (unpaired) electrons. The molecule has 0 bridgehead atoms. The van der Waals surface area contributed by atoms with Crippen LogP contribution < -0.4 is 0 Å². The van der Waals surface area contributed by atoms with Gasteiger partial charge in [-0.25, -0.2) is 9.97 Å². The Balaban J connectivity index is 1.09. The van der Waals surface area contributed by atoms with Gasteiger partial charge in [0.15, 0.2) is 5.82 Å². The summed E-state index contributed by atoms with van der Waals surface area (Å²) in [6, 6.07) is 69.1. The summed E-state index contributed by atoms with van der Waals surface area (Å²) in [4.78, 5) is 14.6. The SMILES string of the molecule is c1ccc(-c2nc(-c3ccc(-c4ccc5c6c(cccc46)-c4c-5c(-c5ccccc5)c5ccccc5c4-c4ccccc4)cc3)cc(-c3ccccn3)n2)cc1. The molecule has 260 valence electrons. The molecule has 3 heteroatoms. The molecule has 0 atom stereocenters. The number of nitrogens with zero attached hydrogens (tertiary/aromatic N) is 3. The number of fused-ring (bicyclic) bond motifs is 4. The predicted octanol–water partition coefficient (Wildman–Crippen LogP) is 13.8. The minimum Gasteiger partial charge on any atom is -0.255 e. The van der Waals surface area contributed by atoms with E-state index in [1.807, 2.05) is 54.6 Å². The van der Waals surface area contributed by atoms with Gasteiger partial charge in [-0.05, 0) is 95.4 Å². The van der Waals surface area contributed by atoms with Crippen molar-refractivity contribution in [1.29, 1.82) is 0 Å². The van der Waals surface area contributed by atoms with Crippen molar-refractivity contribution in [3.63, 3.8) is 0 Å². The lowest BCUT2D eigenvalue weighted by Crippen LogP contribution is -1.96. The zero-order valence-electron chi connectivity index (χ0n) is 30.4. The van der Waals surface area contributed by atoms with Gasteiger partial charge in [-0.3, -0.25) is 4.98 Å². The second-order valence-electron chi connectivity index (χ2n) is 14.3. The summed E-state index contributed by atoms with van der Waals surface area (Å²) in [7, 11) is 0. The van der Waals surface area contributed by atoms with E-state index in [9.17, 15) is 0 Å². The van der Waals surface area contributed by atoms with E-state index in [0.29, 0.717) is 5.82 Å². The Labute approximate surface area is 325 Å². The van der Waals surface area contributed by atoms with Crippen LogP contribution >= 0.6 is 0 Å². The summed E-state index contributed by atoms with van der Waals surface area (Å²) < 4.78 is 0. The molecule has 0 saturated heterocycles. The zero-order chi connectivity index (χ0) is 37.0. The van der Waals surface area contributed by atoms with Gasteiger partial charge in [-0.1, -0.05) is 176 Å². The van der Waals surface area contributed by atoms with Crippen molar-refractivity contribution in [2.75, 3.05) is 0 Å². The van der Waals surface area contributed by atoms with Gasteiger partial charge in [0.05, 0.1) is 17.1 Å². The van der Waals surface area contributed by atoms with Crippen LogP contribution in [-0.4, -0.2) is 15.0 Å². The van der Waals surface area contributed by atoms with Crippen molar-refractivity contribution >= 4 is 21.5 Å². The number of aromatic nitrogens is 3. The monoisotopic (exact) mass is 711 g/mol. The van der Waals surface area contributed by atoms with E-state index in [1.54, 1.807) is 6.20 Å². The normalized spacial score (nSPS) is 11.6. The first-order chi connectivity index (χ1) is 27.8. The van der Waals surface area contributed by atoms with Gasteiger partial charge in [0.2, 0.25) is 0 Å². The largest absolute Gasteiger partial charge is 0.255 e. The van der Waals surface area contributed by atoms with Crippen molar-refractivity contribution in [3.8, 4) is 89.7 Å². The molecular formula is C53H33N3. The molecule has 1 aliphatic carbocycles. The predicted molar refractivity (Wildman–Crippen MR) is 232 cm³/mol. The van der Waals surface area contributed by atoms with Crippen LogP contribution in [0.25, 0.3) is 111 Å². The molecule has 2 aromatic heterocycles. The lowest BCUT2D eigenvalue weighted by atomic mass is 9.82. The summed E-state index contributed by atoms with van der Waals surface area (Å²) >= 11 is 0. The molecule has 0 aliphatic heterocycles. The first-order valence-electron chi connectivity index (χ1n) is 19.0. The third kappa shape index (κ3) is 5.17. The van der Waals surface area contributed by atoms with Crippen LogP contribution in [0, 0.1) is 0 Å². The van der Waals surface area contributed by atoms with Crippen molar-refractivity contribution in [2.24, 2.45) is 0 Å². The summed E-state index contributed by atoms with van der Waals surface area (Å²) in [6.45, 7) is 0. The molecule has 56 heavy (non-hydrogen) atoms. The van der Waals surface area contributed by atoms with E-state index in [4.69, 9.17) is 9.97 Å². The summed E-state index contributed by atoms with van der Waals surface area (Å²) in [5.74, 6) is 0.678. The fourth-order valence-electron chi connectivity index (χ4n) is 8.64. The molecule has 0 fully saturated rings. The minimum absolute atomic E-state index is 0.678. The first-order valence-corrected chi connectivity index (χ1v) is 19.0. The van der Waals surface area contributed by atoms with Crippen molar-refractivity contribution in [1.82, 2.24) is 15.0 Å². The van der Waals surface area contributed by atoms with E-state index < -0.39 is 0 Å². The van der Waals surface area contributed by atoms with Crippen LogP contribution in [0.5, 0.6) is 0 Å². The molecule has 3 nitrogen and oxygen atoms in total. The van der Waals surface area contributed by atoms with Gasteiger partial charge in [0.25, 0.3) is 0 Å². The molecule has 0 N–H and O–H groups in total. The number of pyridine rings is 1. The quantitative estimate of drug-likeness (QED) is 0.172. The molecule has 1 aliphatic rings. The zero-order valence-corrected chi connectivity index (χ0v) is 30.4. The van der Waals surface area contributed by atoms with Crippen molar-refractivity contribution in [2.45, 2.75) is 0 Å². The molecule has 2 heterocycles. The minimum atomic E-state index is 0.678. The van der Waals surface area contributed by atoms with Crippen molar-refractivity contribution in [3.05, 3.63) is 200 Å². The Morgan fingerprint density at radius 2 is 0.804 bits per heavy atom. The molecule has 0 amide bonds. The number of rotatable bonds is 6. The Bertz CT molecular complexity index is 2940. The Hall–Kier alpha value is -7.49. The fraction of sp³-hybridized carbons (Fsp3) is 0. The van der Waals surface area contributed by atoms with Crippen LogP contribution in [0.4, 0.5) is 0 Å². The second kappa shape index (κ2) is 13.1. The number of hydrogen-bond acceptors (Lipinski definition) is 3. The molecule has 11 rings (SSSR count). The van der Waals surface area contributed by atoms with E-state index in [-0.39, 0.29) is 0 Å². The molecule has 8 aromatic carbocycles. The Morgan fingerprint density at radius 3 is 1.43 bits per heavy atom. The van der Waals surface area contributed by atoms with E-state index in [1.165, 1.54) is 71.6 Å². The highest BCUT2D eigenvalue weighted by molar-refractivity contribution is 6.28. The van der Waals surface area contributed by atoms with E-state index in [2.05, 4.69) is 145 Å². The number of hydrogen-bond donors (Lipinski definition) is 0. The van der Waals surface area contributed by atoms with E-state index >= 15 is 0 Å². The average Bonchev–Trinajstić information content (AvgIpc) is 3.61. The third-order valence-electron chi connectivity index (χ3n) is 11.1. The van der Waals surface area contributed by atoms with Gasteiger partial charge in [-0.15, -0.1) is 0 Å². The van der Waals surface area contributed by atoms with Crippen molar-refractivity contribution < 1.29 is 0 Å². The van der Waals surface area contributed by atoms with Crippen LogP contribution in [-0.2, 0) is 0 Å². The highest BCUT2D eigenvalue weighted by Gasteiger charge is 2.31. The topological polar surface area (TPSA) is 38.7 Å². The van der Waals surface area contributed by atoms with Crippen LogP contribution in [0.2, 0.25) is 0 Å². The maximum absolute atomic E-state index is 5.06. The molecular weight excluding hydrogens is 679 g/mol. The summed E-state index contributed by atoms with van der Waals surface area (Å²) in [5, 5.41) is 5.08. The second-order valence-corrected chi connectivity index (χ2v) is 14.3. The number of benzene rings is 8. The Morgan fingerprint density at radius 1 is 0.286 bits per heavy atom. The smallest absolute Gasteiger partial charge is 0.160 e. The van der Waals surface area contributed by atoms with Gasteiger partial charge >= 0.3 is 0 Å². The van der Waals surface area contributed by atoms with Gasteiger partial charge in [-0.2, -0.15) is 0 Å². The highest BCUT2D eigenvalue weighted by Crippen LogP contribution is 2.58. The molecule has 0 spiro atoms. The molecule has 10 aromatic rings. The average molecular weight is 712 g/mol. The van der Waals surface area contributed by atoms with Gasteiger partial charge < -0.3 is 0 Å². The standard InChI is InChI=1S/C53H33N3/c1-4-15-36(16-5-1)48-41-21-10-11-22-42(41)49(37-17-6-2-7-18-37)52-44-31-30-39(40-23-14-24-43(50(40)44)51(48)52)34-26-28-35(29-27-34)46-33-47(45-25-12-13-32-54-45)56-53(55-46)38-19-8-3-9-20-38/h1-33H. The lowest BCUT2D eigenvalue weighted by molar-refractivity contribution is 1.16. The summed E-state index contributed by atoms with van der Waals surface area (Å²) in [6.07, 6.45) is 1.80. The summed E-state index contributed by atoms with van der Waals surface area (Å²) in [5.41, 5.74) is 17.0. The van der Waals surface area contributed by atoms with E-state index in [0.717, 1.165) is 33.8 Å².